The summed E-state index contributed by atoms with van der Waals surface area (Å²) >= 11 is 0. The molecular weight excluding hydrogens is 210 g/mol. The van der Waals surface area contributed by atoms with E-state index in [-0.39, 0.29) is 0 Å². The Balaban J connectivity index is 1.66. The summed E-state index contributed by atoms with van der Waals surface area (Å²) in [5, 5.41) is 0. The zero-order chi connectivity index (χ0) is 12.1. The first-order chi connectivity index (χ1) is 8.29. The molecule has 0 spiro atoms. The van der Waals surface area contributed by atoms with Gasteiger partial charge >= 0.3 is 0 Å². The number of nitrogens with zero attached hydrogens (tertiary/aromatic N) is 2. The van der Waals surface area contributed by atoms with Crippen LogP contribution in [0.15, 0.2) is 0 Å². The van der Waals surface area contributed by atoms with Crippen LogP contribution in [0.2, 0.25) is 0 Å². The van der Waals surface area contributed by atoms with Gasteiger partial charge in [-0.15, -0.1) is 0 Å². The molecule has 2 N–H and O–H groups in total. The van der Waals surface area contributed by atoms with Gasteiger partial charge in [-0.05, 0) is 19.3 Å². The second kappa shape index (κ2) is 6.72. The molecule has 1 saturated heterocycles. The highest BCUT2D eigenvalue weighted by atomic mass is 15.3. The molecule has 1 saturated carbocycles. The standard InChI is InChI=1S/C14H29N3/c1-2-5-13(15)12-16-8-10-17(11-9-16)14-6-3-4-7-14/h13-14H,2-12,15H2,1H3. The van der Waals surface area contributed by atoms with Crippen LogP contribution in [-0.4, -0.2) is 54.6 Å². The quantitative estimate of drug-likeness (QED) is 0.792. The Hall–Kier alpha value is -0.120. The molecule has 0 aromatic heterocycles. The van der Waals surface area contributed by atoms with Crippen LogP contribution in [0.1, 0.15) is 45.4 Å². The molecule has 3 nitrogen and oxygen atoms in total. The van der Waals surface area contributed by atoms with E-state index in [2.05, 4.69) is 16.7 Å². The highest BCUT2D eigenvalue weighted by Crippen LogP contribution is 2.24. The molecular formula is C14H29N3. The molecule has 1 aliphatic heterocycles. The Labute approximate surface area is 106 Å². The van der Waals surface area contributed by atoms with E-state index in [4.69, 9.17) is 5.73 Å². The van der Waals surface area contributed by atoms with Crippen LogP contribution in [0.3, 0.4) is 0 Å². The summed E-state index contributed by atoms with van der Waals surface area (Å²) in [6, 6.07) is 1.29. The normalized spacial score (nSPS) is 26.5. The monoisotopic (exact) mass is 239 g/mol. The van der Waals surface area contributed by atoms with Gasteiger partial charge < -0.3 is 5.73 Å². The van der Waals surface area contributed by atoms with Gasteiger partial charge in [-0.2, -0.15) is 0 Å². The Morgan fingerprint density at radius 3 is 2.35 bits per heavy atom. The largest absolute Gasteiger partial charge is 0.327 e. The second-order valence-electron chi connectivity index (χ2n) is 5.82. The lowest BCUT2D eigenvalue weighted by molar-refractivity contribution is 0.0935. The summed E-state index contributed by atoms with van der Waals surface area (Å²) in [6.07, 6.45) is 8.16. The minimum Gasteiger partial charge on any atom is -0.327 e. The molecule has 0 radical (unpaired) electrons. The van der Waals surface area contributed by atoms with Crippen LogP contribution in [0.4, 0.5) is 0 Å². The SMILES string of the molecule is CCCC(N)CN1CCN(C2CCCC2)CC1. The minimum absolute atomic E-state index is 0.387. The summed E-state index contributed by atoms with van der Waals surface area (Å²) in [5.74, 6) is 0. The summed E-state index contributed by atoms with van der Waals surface area (Å²) < 4.78 is 0. The number of piperazine rings is 1. The van der Waals surface area contributed by atoms with Gasteiger partial charge in [0.15, 0.2) is 0 Å². The summed E-state index contributed by atoms with van der Waals surface area (Å²) in [4.78, 5) is 5.28. The van der Waals surface area contributed by atoms with Crippen molar-refractivity contribution < 1.29 is 0 Å². The first-order valence-electron chi connectivity index (χ1n) is 7.51. The molecule has 1 aliphatic carbocycles. The fourth-order valence-electron chi connectivity index (χ4n) is 3.37. The van der Waals surface area contributed by atoms with Crippen molar-refractivity contribution in [1.82, 2.24) is 9.80 Å². The molecule has 2 aliphatic rings. The highest BCUT2D eigenvalue weighted by Gasteiger charge is 2.26. The maximum Gasteiger partial charge on any atom is 0.0167 e. The number of hydrogen-bond acceptors (Lipinski definition) is 3. The molecule has 17 heavy (non-hydrogen) atoms. The molecule has 0 bridgehead atoms. The first kappa shape index (κ1) is 13.3. The van der Waals surface area contributed by atoms with Crippen molar-refractivity contribution in [2.45, 2.75) is 57.5 Å². The van der Waals surface area contributed by atoms with Gasteiger partial charge in [0.05, 0.1) is 0 Å². The predicted molar refractivity (Wildman–Crippen MR) is 73.2 cm³/mol. The lowest BCUT2D eigenvalue weighted by Gasteiger charge is -2.38. The zero-order valence-electron chi connectivity index (χ0n) is 11.4. The van der Waals surface area contributed by atoms with Crippen molar-refractivity contribution in [3.05, 3.63) is 0 Å². The second-order valence-corrected chi connectivity index (χ2v) is 5.82. The van der Waals surface area contributed by atoms with Gasteiger partial charge in [-0.3, -0.25) is 9.80 Å². The van der Waals surface area contributed by atoms with Gasteiger partial charge in [0.1, 0.15) is 0 Å². The first-order valence-corrected chi connectivity index (χ1v) is 7.51. The maximum atomic E-state index is 6.12. The Morgan fingerprint density at radius 1 is 1.12 bits per heavy atom. The summed E-state index contributed by atoms with van der Waals surface area (Å²) in [6.45, 7) is 8.32. The van der Waals surface area contributed by atoms with E-state index in [9.17, 15) is 0 Å². The fourth-order valence-corrected chi connectivity index (χ4v) is 3.37. The molecule has 1 atom stereocenters. The molecule has 1 unspecified atom stereocenters. The molecule has 2 fully saturated rings. The van der Waals surface area contributed by atoms with Crippen LogP contribution >= 0.6 is 0 Å². The fraction of sp³-hybridized carbons (Fsp3) is 1.00. The smallest absolute Gasteiger partial charge is 0.0167 e. The van der Waals surface area contributed by atoms with Crippen molar-refractivity contribution in [1.29, 1.82) is 0 Å². The van der Waals surface area contributed by atoms with Crippen molar-refractivity contribution in [2.75, 3.05) is 32.7 Å². The van der Waals surface area contributed by atoms with E-state index in [1.807, 2.05) is 0 Å². The van der Waals surface area contributed by atoms with E-state index in [1.165, 1.54) is 64.7 Å². The molecule has 0 aromatic rings. The van der Waals surface area contributed by atoms with Crippen molar-refractivity contribution in [2.24, 2.45) is 5.73 Å². The van der Waals surface area contributed by atoms with E-state index in [1.54, 1.807) is 0 Å². The number of rotatable bonds is 5. The molecule has 100 valence electrons. The van der Waals surface area contributed by atoms with Crippen molar-refractivity contribution in [3.8, 4) is 0 Å². The minimum atomic E-state index is 0.387. The van der Waals surface area contributed by atoms with Crippen LogP contribution in [0, 0.1) is 0 Å². The summed E-state index contributed by atoms with van der Waals surface area (Å²) in [5.41, 5.74) is 6.12. The van der Waals surface area contributed by atoms with Crippen LogP contribution in [-0.2, 0) is 0 Å². The van der Waals surface area contributed by atoms with E-state index >= 15 is 0 Å². The lowest BCUT2D eigenvalue weighted by Crippen LogP contribution is -2.52. The number of nitrogens with two attached hydrogens (primary N) is 1. The van der Waals surface area contributed by atoms with Crippen molar-refractivity contribution in [3.63, 3.8) is 0 Å². The average Bonchev–Trinajstić information content (AvgIpc) is 2.84. The Morgan fingerprint density at radius 2 is 1.76 bits per heavy atom. The van der Waals surface area contributed by atoms with Crippen molar-refractivity contribution >= 4 is 0 Å². The predicted octanol–water partition coefficient (Wildman–Crippen LogP) is 1.67. The Kier molecular flexibility index (Phi) is 5.26. The van der Waals surface area contributed by atoms with Crippen LogP contribution < -0.4 is 5.73 Å². The van der Waals surface area contributed by atoms with Gasteiger partial charge in [0, 0.05) is 44.8 Å². The molecule has 3 heteroatoms. The average molecular weight is 239 g/mol. The third kappa shape index (κ3) is 3.94. The molecule has 2 rings (SSSR count). The Bertz CT molecular complexity index is 206. The van der Waals surface area contributed by atoms with E-state index in [0.717, 1.165) is 12.6 Å². The summed E-state index contributed by atoms with van der Waals surface area (Å²) in [7, 11) is 0. The molecule has 0 amide bonds. The topological polar surface area (TPSA) is 32.5 Å². The molecule has 1 heterocycles. The van der Waals surface area contributed by atoms with Gasteiger partial charge in [0.2, 0.25) is 0 Å². The number of hydrogen-bond donors (Lipinski definition) is 1. The van der Waals surface area contributed by atoms with E-state index in [0.29, 0.717) is 6.04 Å². The molecule has 0 aromatic carbocycles. The third-order valence-electron chi connectivity index (χ3n) is 4.40. The van der Waals surface area contributed by atoms with E-state index < -0.39 is 0 Å². The van der Waals surface area contributed by atoms with Gasteiger partial charge in [-0.1, -0.05) is 26.2 Å². The zero-order valence-corrected chi connectivity index (χ0v) is 11.4. The van der Waals surface area contributed by atoms with Gasteiger partial charge in [0.25, 0.3) is 0 Å². The maximum absolute atomic E-state index is 6.12. The van der Waals surface area contributed by atoms with Crippen LogP contribution in [0.5, 0.6) is 0 Å². The lowest BCUT2D eigenvalue weighted by atomic mass is 10.1. The third-order valence-corrected chi connectivity index (χ3v) is 4.40. The van der Waals surface area contributed by atoms with Crippen LogP contribution in [0.25, 0.3) is 0 Å². The highest BCUT2D eigenvalue weighted by molar-refractivity contribution is 4.82. The van der Waals surface area contributed by atoms with Gasteiger partial charge in [-0.25, -0.2) is 0 Å².